The third-order valence-electron chi connectivity index (χ3n) is 7.55. The fraction of sp³-hybridized carbons (Fsp3) is 0.147. The van der Waals surface area contributed by atoms with Gasteiger partial charge in [-0.15, -0.1) is 0 Å². The molecule has 2 aromatic heterocycles. The number of carbonyl (C=O) groups excluding carboxylic acids is 2. The second kappa shape index (κ2) is 12.6. The minimum absolute atomic E-state index is 0.220. The molecule has 3 heterocycles. The van der Waals surface area contributed by atoms with E-state index in [1.807, 2.05) is 42.6 Å². The minimum Gasteiger partial charge on any atom is -0.495 e. The first-order chi connectivity index (χ1) is 22.2. The molecule has 232 valence electrons. The van der Waals surface area contributed by atoms with Crippen molar-refractivity contribution in [1.82, 2.24) is 14.3 Å². The van der Waals surface area contributed by atoms with Crippen LogP contribution in [0.5, 0.6) is 5.75 Å². The van der Waals surface area contributed by atoms with Crippen LogP contribution in [-0.2, 0) is 14.3 Å². The SMILES string of the molecule is COC(=O)C1=C(C)N=c2sc(=Cc3cn(-c4ccccc4)nc3-c3ccc(OC)c(Cl)c3)c(=O)n2C1c1ccc(C(=O)OC)cc1. The van der Waals surface area contributed by atoms with Crippen LogP contribution in [0.1, 0.15) is 34.5 Å². The van der Waals surface area contributed by atoms with E-state index < -0.39 is 18.0 Å². The van der Waals surface area contributed by atoms with Gasteiger partial charge in [0.05, 0.1) is 59.4 Å². The van der Waals surface area contributed by atoms with Crippen molar-refractivity contribution in [3.8, 4) is 22.7 Å². The highest BCUT2D eigenvalue weighted by Crippen LogP contribution is 2.33. The van der Waals surface area contributed by atoms with Crippen LogP contribution < -0.4 is 19.6 Å². The number of rotatable bonds is 7. The summed E-state index contributed by atoms with van der Waals surface area (Å²) in [6.07, 6.45) is 3.60. The van der Waals surface area contributed by atoms with Crippen molar-refractivity contribution in [2.75, 3.05) is 21.3 Å². The van der Waals surface area contributed by atoms with Gasteiger partial charge in [-0.2, -0.15) is 5.10 Å². The topological polar surface area (TPSA) is 114 Å². The molecule has 10 nitrogen and oxygen atoms in total. The molecule has 3 aromatic carbocycles. The molecule has 0 bridgehead atoms. The molecule has 5 aromatic rings. The molecule has 0 radical (unpaired) electrons. The summed E-state index contributed by atoms with van der Waals surface area (Å²) in [5.41, 5.74) is 4.04. The average molecular weight is 655 g/mol. The number of ether oxygens (including phenoxy) is 3. The van der Waals surface area contributed by atoms with Crippen molar-refractivity contribution >= 4 is 41.0 Å². The Morgan fingerprint density at radius 3 is 2.33 bits per heavy atom. The van der Waals surface area contributed by atoms with Crippen LogP contribution in [0.25, 0.3) is 23.0 Å². The van der Waals surface area contributed by atoms with Gasteiger partial charge >= 0.3 is 11.9 Å². The maximum atomic E-state index is 14.2. The number of para-hydroxylation sites is 1. The number of aromatic nitrogens is 3. The number of nitrogens with zero attached hydrogens (tertiary/aromatic N) is 4. The fourth-order valence-corrected chi connectivity index (χ4v) is 6.61. The highest BCUT2D eigenvalue weighted by molar-refractivity contribution is 7.07. The molecule has 0 saturated heterocycles. The standard InChI is InChI=1S/C34H27ClN4O6S/c1-19-28(33(42)45-4)30(20-10-12-21(13-11-20)32(41)44-3)39-31(40)27(46-34(39)36-19)17-23-18-38(24-8-6-5-7-9-24)37-29(23)22-14-15-26(43-2)25(35)16-22/h5-18,30H,1-4H3. The second-order valence-electron chi connectivity index (χ2n) is 10.2. The van der Waals surface area contributed by atoms with Crippen molar-refractivity contribution in [3.63, 3.8) is 0 Å². The van der Waals surface area contributed by atoms with E-state index in [-0.39, 0.29) is 11.1 Å². The van der Waals surface area contributed by atoms with E-state index in [1.54, 1.807) is 61.2 Å². The van der Waals surface area contributed by atoms with E-state index in [0.717, 1.165) is 11.3 Å². The maximum absolute atomic E-state index is 14.2. The average Bonchev–Trinajstić information content (AvgIpc) is 3.64. The van der Waals surface area contributed by atoms with Gasteiger partial charge in [0.1, 0.15) is 11.4 Å². The molecule has 1 aliphatic heterocycles. The molecule has 1 unspecified atom stereocenters. The van der Waals surface area contributed by atoms with E-state index in [0.29, 0.717) is 48.2 Å². The lowest BCUT2D eigenvalue weighted by atomic mass is 9.95. The van der Waals surface area contributed by atoms with E-state index >= 15 is 0 Å². The Morgan fingerprint density at radius 1 is 0.957 bits per heavy atom. The van der Waals surface area contributed by atoms with Gasteiger partial charge in [0.15, 0.2) is 4.80 Å². The number of esters is 2. The highest BCUT2D eigenvalue weighted by atomic mass is 35.5. The number of hydrogen-bond acceptors (Lipinski definition) is 9. The van der Waals surface area contributed by atoms with E-state index in [4.69, 9.17) is 30.9 Å². The predicted octanol–water partition coefficient (Wildman–Crippen LogP) is 4.71. The molecule has 0 amide bonds. The molecule has 6 rings (SSSR count). The lowest BCUT2D eigenvalue weighted by molar-refractivity contribution is -0.136. The number of halogens is 1. The molecule has 0 spiro atoms. The fourth-order valence-electron chi connectivity index (χ4n) is 5.31. The lowest BCUT2D eigenvalue weighted by Crippen LogP contribution is -2.39. The second-order valence-corrected chi connectivity index (χ2v) is 11.7. The van der Waals surface area contributed by atoms with Crippen molar-refractivity contribution in [3.05, 3.63) is 132 Å². The van der Waals surface area contributed by atoms with Crippen LogP contribution in [-0.4, -0.2) is 47.6 Å². The number of allylic oxidation sites excluding steroid dienone is 1. The van der Waals surface area contributed by atoms with Crippen LogP contribution >= 0.6 is 22.9 Å². The van der Waals surface area contributed by atoms with Crippen LogP contribution in [0.2, 0.25) is 5.02 Å². The van der Waals surface area contributed by atoms with Gasteiger partial charge in [0.25, 0.3) is 5.56 Å². The van der Waals surface area contributed by atoms with Gasteiger partial charge in [-0.3, -0.25) is 9.36 Å². The summed E-state index contributed by atoms with van der Waals surface area (Å²) in [5, 5.41) is 5.28. The molecule has 12 heteroatoms. The number of thiazole rings is 1. The summed E-state index contributed by atoms with van der Waals surface area (Å²) in [6.45, 7) is 1.70. The Bertz CT molecular complexity index is 2200. The zero-order valence-corrected chi connectivity index (χ0v) is 26.8. The van der Waals surface area contributed by atoms with Gasteiger partial charge < -0.3 is 14.2 Å². The van der Waals surface area contributed by atoms with Gasteiger partial charge in [-0.25, -0.2) is 19.3 Å². The molecule has 0 N–H and O–H groups in total. The van der Waals surface area contributed by atoms with Crippen LogP contribution in [0, 0.1) is 0 Å². The zero-order chi connectivity index (χ0) is 32.5. The molecule has 1 atom stereocenters. The van der Waals surface area contributed by atoms with Crippen molar-refractivity contribution in [2.45, 2.75) is 13.0 Å². The Kier molecular flexibility index (Phi) is 8.44. The molecule has 0 saturated carbocycles. The van der Waals surface area contributed by atoms with Gasteiger partial charge in [0.2, 0.25) is 0 Å². The molecule has 0 fully saturated rings. The normalized spacial score (nSPS) is 14.5. The number of hydrogen-bond donors (Lipinski definition) is 0. The largest absolute Gasteiger partial charge is 0.495 e. The van der Waals surface area contributed by atoms with Crippen molar-refractivity contribution in [2.24, 2.45) is 4.99 Å². The third-order valence-corrected chi connectivity index (χ3v) is 8.83. The summed E-state index contributed by atoms with van der Waals surface area (Å²) in [7, 11) is 4.13. The summed E-state index contributed by atoms with van der Waals surface area (Å²) in [6, 6.07) is 20.7. The Morgan fingerprint density at radius 2 is 1.67 bits per heavy atom. The number of methoxy groups -OCH3 is 3. The zero-order valence-electron chi connectivity index (χ0n) is 25.2. The Labute approximate surface area is 272 Å². The molecule has 46 heavy (non-hydrogen) atoms. The Balaban J connectivity index is 1.55. The van der Waals surface area contributed by atoms with Crippen molar-refractivity contribution in [1.29, 1.82) is 0 Å². The minimum atomic E-state index is -0.843. The monoisotopic (exact) mass is 654 g/mol. The summed E-state index contributed by atoms with van der Waals surface area (Å²) >= 11 is 7.68. The predicted molar refractivity (Wildman–Crippen MR) is 174 cm³/mol. The van der Waals surface area contributed by atoms with Gasteiger partial charge in [-0.1, -0.05) is 53.3 Å². The molecule has 0 aliphatic carbocycles. The quantitative estimate of drug-likeness (QED) is 0.234. The van der Waals surface area contributed by atoms with E-state index in [2.05, 4.69) is 4.99 Å². The smallest absolute Gasteiger partial charge is 0.338 e. The number of fused-ring (bicyclic) bond motifs is 1. The molecule has 1 aliphatic rings. The molecular formula is C34H27ClN4O6S. The van der Waals surface area contributed by atoms with Crippen LogP contribution in [0.15, 0.2) is 100 Å². The van der Waals surface area contributed by atoms with Crippen LogP contribution in [0.4, 0.5) is 0 Å². The van der Waals surface area contributed by atoms with Gasteiger partial charge in [-0.05, 0) is 61.0 Å². The van der Waals surface area contributed by atoms with Gasteiger partial charge in [0, 0.05) is 17.3 Å². The summed E-state index contributed by atoms with van der Waals surface area (Å²) in [5.74, 6) is -0.583. The van der Waals surface area contributed by atoms with E-state index in [9.17, 15) is 14.4 Å². The van der Waals surface area contributed by atoms with E-state index in [1.165, 1.54) is 30.1 Å². The number of carbonyl (C=O) groups is 2. The number of benzene rings is 3. The maximum Gasteiger partial charge on any atom is 0.338 e. The summed E-state index contributed by atoms with van der Waals surface area (Å²) < 4.78 is 18.9. The first-order valence-electron chi connectivity index (χ1n) is 14.0. The van der Waals surface area contributed by atoms with Crippen LogP contribution in [0.3, 0.4) is 0 Å². The molecular weight excluding hydrogens is 628 g/mol. The third kappa shape index (κ3) is 5.55. The first kappa shape index (κ1) is 30.8. The Hall–Kier alpha value is -5.26. The highest BCUT2D eigenvalue weighted by Gasteiger charge is 2.33. The first-order valence-corrected chi connectivity index (χ1v) is 15.2. The van der Waals surface area contributed by atoms with Crippen molar-refractivity contribution < 1.29 is 23.8 Å². The lowest BCUT2D eigenvalue weighted by Gasteiger charge is -2.24. The summed E-state index contributed by atoms with van der Waals surface area (Å²) in [4.78, 5) is 44.4.